The molecule has 52 valence electrons. The Morgan fingerprint density at radius 1 is 1.56 bits per heavy atom. The number of amides is 1. The second kappa shape index (κ2) is 4.38. The summed E-state index contributed by atoms with van der Waals surface area (Å²) in [4.78, 5) is 20.6. The molecular formula is C5H9NO2S. The van der Waals surface area contributed by atoms with Gasteiger partial charge in [0.05, 0.1) is 6.42 Å². The third-order valence-corrected chi connectivity index (χ3v) is 1.38. The Labute approximate surface area is 58.0 Å². The van der Waals surface area contributed by atoms with Crippen molar-refractivity contribution in [1.29, 1.82) is 0 Å². The van der Waals surface area contributed by atoms with Crippen molar-refractivity contribution in [3.63, 3.8) is 0 Å². The van der Waals surface area contributed by atoms with Crippen LogP contribution in [0.3, 0.4) is 0 Å². The van der Waals surface area contributed by atoms with Crippen LogP contribution in [0.15, 0.2) is 0 Å². The van der Waals surface area contributed by atoms with Crippen molar-refractivity contribution < 1.29 is 9.59 Å². The highest BCUT2D eigenvalue weighted by molar-refractivity contribution is 8.13. The number of hydrogen-bond acceptors (Lipinski definition) is 3. The lowest BCUT2D eigenvalue weighted by molar-refractivity contribution is -0.122. The lowest BCUT2D eigenvalue weighted by Crippen LogP contribution is -2.14. The minimum atomic E-state index is -0.555. The summed E-state index contributed by atoms with van der Waals surface area (Å²) in [5, 5.41) is -0.148. The highest BCUT2D eigenvalue weighted by Crippen LogP contribution is 2.02. The molecule has 0 unspecified atom stereocenters. The van der Waals surface area contributed by atoms with Crippen molar-refractivity contribution in [3.8, 4) is 0 Å². The first-order valence-electron chi connectivity index (χ1n) is 2.60. The number of nitrogens with two attached hydrogens (primary N) is 1. The van der Waals surface area contributed by atoms with Crippen molar-refractivity contribution in [2.24, 2.45) is 5.73 Å². The van der Waals surface area contributed by atoms with Gasteiger partial charge in [-0.1, -0.05) is 18.7 Å². The number of primary amides is 1. The van der Waals surface area contributed by atoms with E-state index in [4.69, 9.17) is 5.73 Å². The van der Waals surface area contributed by atoms with Gasteiger partial charge in [0.1, 0.15) is 0 Å². The molecule has 0 rings (SSSR count). The number of rotatable bonds is 3. The fraction of sp³-hybridized carbons (Fsp3) is 0.600. The summed E-state index contributed by atoms with van der Waals surface area (Å²) < 4.78 is 0. The molecule has 0 aromatic carbocycles. The number of thioether (sulfide) groups is 1. The van der Waals surface area contributed by atoms with E-state index in [-0.39, 0.29) is 11.5 Å². The summed E-state index contributed by atoms with van der Waals surface area (Å²) >= 11 is 1.12. The molecule has 0 aromatic heterocycles. The zero-order valence-corrected chi connectivity index (χ0v) is 6.03. The van der Waals surface area contributed by atoms with Gasteiger partial charge in [-0.3, -0.25) is 9.59 Å². The summed E-state index contributed by atoms with van der Waals surface area (Å²) in [6, 6.07) is 0. The van der Waals surface area contributed by atoms with E-state index in [0.29, 0.717) is 5.75 Å². The number of carbonyl (C=O) groups excluding carboxylic acids is 2. The Morgan fingerprint density at radius 3 is 2.44 bits per heavy atom. The molecule has 0 heterocycles. The first-order valence-corrected chi connectivity index (χ1v) is 3.59. The lowest BCUT2D eigenvalue weighted by atomic mass is 10.5. The van der Waals surface area contributed by atoms with Gasteiger partial charge in [-0.2, -0.15) is 0 Å². The fourth-order valence-corrected chi connectivity index (χ4v) is 0.921. The van der Waals surface area contributed by atoms with E-state index in [0.717, 1.165) is 11.8 Å². The number of carbonyl (C=O) groups is 2. The van der Waals surface area contributed by atoms with Gasteiger partial charge in [0.2, 0.25) is 5.91 Å². The molecule has 0 aromatic rings. The first kappa shape index (κ1) is 8.49. The van der Waals surface area contributed by atoms with Crippen LogP contribution in [-0.4, -0.2) is 16.8 Å². The molecule has 0 aliphatic carbocycles. The van der Waals surface area contributed by atoms with E-state index in [9.17, 15) is 9.59 Å². The summed E-state index contributed by atoms with van der Waals surface area (Å²) in [6.45, 7) is 1.85. The van der Waals surface area contributed by atoms with Crippen LogP contribution in [-0.2, 0) is 9.59 Å². The zero-order valence-electron chi connectivity index (χ0n) is 5.22. The Balaban J connectivity index is 3.39. The van der Waals surface area contributed by atoms with Crippen molar-refractivity contribution in [1.82, 2.24) is 0 Å². The van der Waals surface area contributed by atoms with Crippen LogP contribution in [0.5, 0.6) is 0 Å². The summed E-state index contributed by atoms with van der Waals surface area (Å²) in [7, 11) is 0. The van der Waals surface area contributed by atoms with Crippen LogP contribution < -0.4 is 5.73 Å². The quantitative estimate of drug-likeness (QED) is 0.578. The predicted octanol–water partition coefficient (Wildman–Crippen LogP) is 0.142. The van der Waals surface area contributed by atoms with Crippen LogP contribution >= 0.6 is 11.8 Å². The van der Waals surface area contributed by atoms with Crippen molar-refractivity contribution in [2.45, 2.75) is 13.3 Å². The van der Waals surface area contributed by atoms with Crippen LogP contribution in [0, 0.1) is 0 Å². The third-order valence-electron chi connectivity index (χ3n) is 0.624. The first-order chi connectivity index (χ1) is 4.16. The zero-order chi connectivity index (χ0) is 7.28. The molecular weight excluding hydrogens is 138 g/mol. The molecule has 0 aliphatic heterocycles. The Morgan fingerprint density at radius 2 is 2.11 bits per heavy atom. The molecule has 4 heteroatoms. The second-order valence-corrected chi connectivity index (χ2v) is 2.77. The molecule has 2 N–H and O–H groups in total. The molecule has 0 spiro atoms. The van der Waals surface area contributed by atoms with E-state index in [1.807, 2.05) is 6.92 Å². The van der Waals surface area contributed by atoms with E-state index < -0.39 is 5.91 Å². The molecule has 0 atom stereocenters. The largest absolute Gasteiger partial charge is 0.369 e. The van der Waals surface area contributed by atoms with Crippen LogP contribution in [0.2, 0.25) is 0 Å². The Bertz CT molecular complexity index is 124. The number of hydrogen-bond donors (Lipinski definition) is 1. The smallest absolute Gasteiger partial charge is 0.225 e. The topological polar surface area (TPSA) is 60.2 Å². The summed E-state index contributed by atoms with van der Waals surface area (Å²) in [6.07, 6.45) is -0.140. The molecule has 3 nitrogen and oxygen atoms in total. The fourth-order valence-electron chi connectivity index (χ4n) is 0.354. The van der Waals surface area contributed by atoms with Gasteiger partial charge in [0, 0.05) is 0 Å². The average Bonchev–Trinajstić information content (AvgIpc) is 1.63. The minimum Gasteiger partial charge on any atom is -0.369 e. The Kier molecular flexibility index (Phi) is 4.13. The van der Waals surface area contributed by atoms with E-state index >= 15 is 0 Å². The average molecular weight is 147 g/mol. The second-order valence-electron chi connectivity index (χ2n) is 1.45. The summed E-state index contributed by atoms with van der Waals surface area (Å²) in [5.41, 5.74) is 4.75. The normalized spacial score (nSPS) is 9.00. The minimum absolute atomic E-state index is 0.140. The van der Waals surface area contributed by atoms with Gasteiger partial charge in [-0.25, -0.2) is 0 Å². The summed E-state index contributed by atoms with van der Waals surface area (Å²) in [5.74, 6) is 0.146. The van der Waals surface area contributed by atoms with Gasteiger partial charge in [0.25, 0.3) is 0 Å². The lowest BCUT2D eigenvalue weighted by Gasteiger charge is -1.90. The van der Waals surface area contributed by atoms with E-state index in [1.54, 1.807) is 0 Å². The molecule has 0 saturated carbocycles. The Hall–Kier alpha value is -0.510. The maximum Gasteiger partial charge on any atom is 0.225 e. The van der Waals surface area contributed by atoms with Gasteiger partial charge in [-0.05, 0) is 5.75 Å². The molecule has 0 fully saturated rings. The van der Waals surface area contributed by atoms with Crippen LogP contribution in [0.4, 0.5) is 0 Å². The molecule has 9 heavy (non-hydrogen) atoms. The molecule has 1 amide bonds. The van der Waals surface area contributed by atoms with Crippen molar-refractivity contribution >= 4 is 22.8 Å². The highest BCUT2D eigenvalue weighted by Gasteiger charge is 2.03. The van der Waals surface area contributed by atoms with Gasteiger partial charge >= 0.3 is 0 Å². The SMILES string of the molecule is CCSC(=O)CC(N)=O. The van der Waals surface area contributed by atoms with Crippen LogP contribution in [0.1, 0.15) is 13.3 Å². The van der Waals surface area contributed by atoms with Crippen molar-refractivity contribution in [2.75, 3.05) is 5.75 Å². The van der Waals surface area contributed by atoms with E-state index in [1.165, 1.54) is 0 Å². The van der Waals surface area contributed by atoms with Crippen LogP contribution in [0.25, 0.3) is 0 Å². The van der Waals surface area contributed by atoms with Gasteiger partial charge in [-0.15, -0.1) is 0 Å². The van der Waals surface area contributed by atoms with Gasteiger partial charge < -0.3 is 5.73 Å². The predicted molar refractivity (Wildman–Crippen MR) is 37.0 cm³/mol. The standard InChI is InChI=1S/C5H9NO2S/c1-2-9-5(8)3-4(6)7/h2-3H2,1H3,(H2,6,7). The maximum absolute atomic E-state index is 10.5. The molecule has 0 radical (unpaired) electrons. The van der Waals surface area contributed by atoms with E-state index in [2.05, 4.69) is 0 Å². The molecule has 0 bridgehead atoms. The van der Waals surface area contributed by atoms with Gasteiger partial charge in [0.15, 0.2) is 5.12 Å². The highest BCUT2D eigenvalue weighted by atomic mass is 32.2. The monoisotopic (exact) mass is 147 g/mol. The third kappa shape index (κ3) is 5.36. The molecule has 0 aliphatic rings. The maximum atomic E-state index is 10.5. The molecule has 0 saturated heterocycles. The van der Waals surface area contributed by atoms with Crippen molar-refractivity contribution in [3.05, 3.63) is 0 Å².